The van der Waals surface area contributed by atoms with Gasteiger partial charge in [-0.2, -0.15) is 9.97 Å². The number of aromatic nitrogens is 4. The van der Waals surface area contributed by atoms with Gasteiger partial charge < -0.3 is 30.8 Å². The maximum Gasteiger partial charge on any atom is 0.328 e. The number of fused-ring (bicyclic) bond motifs is 1. The molecule has 0 unspecified atom stereocenters. The van der Waals surface area contributed by atoms with Gasteiger partial charge in [0.2, 0.25) is 0 Å². The molecular weight excluding hydrogens is 398 g/mol. The molecule has 0 spiro atoms. The molecule has 0 saturated carbocycles. The van der Waals surface area contributed by atoms with E-state index in [-0.39, 0.29) is 24.1 Å². The van der Waals surface area contributed by atoms with E-state index in [9.17, 15) is 4.79 Å². The molecule has 166 valence electrons. The van der Waals surface area contributed by atoms with Gasteiger partial charge in [-0.3, -0.25) is 4.57 Å². The van der Waals surface area contributed by atoms with Crippen molar-refractivity contribution < 1.29 is 9.47 Å². The number of hydrogen-bond donors (Lipinski definition) is 4. The van der Waals surface area contributed by atoms with Crippen LogP contribution in [0.25, 0.3) is 11.2 Å². The summed E-state index contributed by atoms with van der Waals surface area (Å²) in [5.41, 5.74) is 8.47. The van der Waals surface area contributed by atoms with Gasteiger partial charge in [0.25, 0.3) is 0 Å². The van der Waals surface area contributed by atoms with Gasteiger partial charge in [-0.05, 0) is 44.5 Å². The minimum absolute atomic E-state index is 0.145. The smallest absolute Gasteiger partial charge is 0.328 e. The molecule has 10 heteroatoms. The van der Waals surface area contributed by atoms with E-state index in [4.69, 9.17) is 15.2 Å². The average molecular weight is 428 g/mol. The fraction of sp³-hybridized carbons (Fsp3) is 0.476. The summed E-state index contributed by atoms with van der Waals surface area (Å²) in [7, 11) is 1.63. The highest BCUT2D eigenvalue weighted by molar-refractivity contribution is 5.82. The van der Waals surface area contributed by atoms with Crippen molar-refractivity contribution in [1.29, 1.82) is 0 Å². The molecule has 0 atom stereocenters. The summed E-state index contributed by atoms with van der Waals surface area (Å²) in [6.45, 7) is 5.40. The van der Waals surface area contributed by atoms with Gasteiger partial charge in [-0.1, -0.05) is 12.1 Å². The summed E-state index contributed by atoms with van der Waals surface area (Å²) >= 11 is 0. The Morgan fingerprint density at radius 3 is 2.84 bits per heavy atom. The number of anilines is 1. The van der Waals surface area contributed by atoms with Crippen molar-refractivity contribution in [2.45, 2.75) is 38.9 Å². The van der Waals surface area contributed by atoms with E-state index < -0.39 is 0 Å². The van der Waals surface area contributed by atoms with E-state index in [0.29, 0.717) is 23.8 Å². The van der Waals surface area contributed by atoms with Gasteiger partial charge in [0.1, 0.15) is 11.3 Å². The van der Waals surface area contributed by atoms with E-state index in [1.807, 2.05) is 19.1 Å². The lowest BCUT2D eigenvalue weighted by Gasteiger charge is -2.24. The van der Waals surface area contributed by atoms with E-state index in [0.717, 1.165) is 49.4 Å². The Hall–Kier alpha value is -3.11. The fourth-order valence-electron chi connectivity index (χ4n) is 3.86. The standard InChI is InChI=1S/C21H29N7O3/c1-3-31-20-26-18(22)17-19(27-20)28(21(29)25-17)12-14-5-4-13(10-16(14)30-2)11-24-15-6-8-23-9-7-15/h4-5,10,15,23-24H,3,6-9,11-12H2,1-2H3,(H,25,29)(H2,22,26,27). The Morgan fingerprint density at radius 2 is 2.10 bits per heavy atom. The van der Waals surface area contributed by atoms with E-state index in [1.165, 1.54) is 4.57 Å². The Labute approximate surface area is 180 Å². The third kappa shape index (κ3) is 4.64. The van der Waals surface area contributed by atoms with Crippen molar-refractivity contribution in [2.24, 2.45) is 0 Å². The number of piperidine rings is 1. The molecule has 5 N–H and O–H groups in total. The van der Waals surface area contributed by atoms with Crippen LogP contribution in [-0.2, 0) is 13.1 Å². The lowest BCUT2D eigenvalue weighted by Crippen LogP contribution is -2.39. The lowest BCUT2D eigenvalue weighted by atomic mass is 10.1. The topological polar surface area (TPSA) is 132 Å². The van der Waals surface area contributed by atoms with Crippen molar-refractivity contribution in [1.82, 2.24) is 30.2 Å². The van der Waals surface area contributed by atoms with Crippen LogP contribution < -0.4 is 31.5 Å². The molecule has 0 amide bonds. The second kappa shape index (κ2) is 9.36. The molecule has 1 aliphatic rings. The van der Waals surface area contributed by atoms with Crippen LogP contribution in [0.2, 0.25) is 0 Å². The molecule has 31 heavy (non-hydrogen) atoms. The minimum atomic E-state index is -0.316. The predicted molar refractivity (Wildman–Crippen MR) is 119 cm³/mol. The molecule has 2 aromatic heterocycles. The number of ether oxygens (including phenoxy) is 2. The van der Waals surface area contributed by atoms with Crippen molar-refractivity contribution >= 4 is 17.0 Å². The van der Waals surface area contributed by atoms with Crippen LogP contribution >= 0.6 is 0 Å². The third-order valence-corrected chi connectivity index (χ3v) is 5.52. The maximum absolute atomic E-state index is 12.6. The van der Waals surface area contributed by atoms with Gasteiger partial charge >= 0.3 is 11.7 Å². The van der Waals surface area contributed by atoms with Gasteiger partial charge in [0.15, 0.2) is 11.5 Å². The molecule has 0 bridgehead atoms. The summed E-state index contributed by atoms with van der Waals surface area (Å²) in [5.74, 6) is 0.897. The van der Waals surface area contributed by atoms with Crippen LogP contribution in [0.5, 0.6) is 11.8 Å². The first-order valence-electron chi connectivity index (χ1n) is 10.6. The predicted octanol–water partition coefficient (Wildman–Crippen LogP) is 0.999. The zero-order valence-corrected chi connectivity index (χ0v) is 17.9. The number of rotatable bonds is 8. The number of H-pyrrole nitrogens is 1. The zero-order chi connectivity index (χ0) is 21.8. The molecule has 3 aromatic rings. The quantitative estimate of drug-likeness (QED) is 0.419. The van der Waals surface area contributed by atoms with Crippen LogP contribution in [0.15, 0.2) is 23.0 Å². The average Bonchev–Trinajstić information content (AvgIpc) is 3.10. The molecular formula is C21H29N7O3. The first-order valence-corrected chi connectivity index (χ1v) is 10.6. The molecule has 4 rings (SSSR count). The van der Waals surface area contributed by atoms with E-state index in [2.05, 4.69) is 31.7 Å². The lowest BCUT2D eigenvalue weighted by molar-refractivity contribution is 0.314. The number of nitrogens with zero attached hydrogens (tertiary/aromatic N) is 3. The molecule has 1 fully saturated rings. The molecule has 3 heterocycles. The number of methoxy groups -OCH3 is 1. The summed E-state index contributed by atoms with van der Waals surface area (Å²) in [5, 5.41) is 6.99. The first-order chi connectivity index (χ1) is 15.1. The van der Waals surface area contributed by atoms with Gasteiger partial charge in [0, 0.05) is 18.2 Å². The Morgan fingerprint density at radius 1 is 1.29 bits per heavy atom. The molecule has 10 nitrogen and oxygen atoms in total. The Balaban J connectivity index is 1.57. The van der Waals surface area contributed by atoms with E-state index >= 15 is 0 Å². The van der Waals surface area contributed by atoms with Crippen LogP contribution in [0.4, 0.5) is 5.82 Å². The van der Waals surface area contributed by atoms with Crippen molar-refractivity contribution in [2.75, 3.05) is 32.5 Å². The number of nitrogens with one attached hydrogen (secondary N) is 3. The zero-order valence-electron chi connectivity index (χ0n) is 17.9. The Kier molecular flexibility index (Phi) is 6.38. The van der Waals surface area contributed by atoms with Crippen LogP contribution in [0, 0.1) is 0 Å². The number of nitrogens with two attached hydrogens (primary N) is 1. The highest BCUT2D eigenvalue weighted by Gasteiger charge is 2.17. The second-order valence-corrected chi connectivity index (χ2v) is 7.59. The molecule has 1 aromatic carbocycles. The number of aromatic amines is 1. The Bertz CT molecular complexity index is 1100. The number of nitrogen functional groups attached to an aromatic ring is 1. The number of benzene rings is 1. The molecule has 1 saturated heterocycles. The van der Waals surface area contributed by atoms with E-state index in [1.54, 1.807) is 7.11 Å². The summed E-state index contributed by atoms with van der Waals surface area (Å²) in [6.07, 6.45) is 2.26. The maximum atomic E-state index is 12.6. The van der Waals surface area contributed by atoms with Crippen molar-refractivity contribution in [3.8, 4) is 11.8 Å². The fourth-order valence-corrected chi connectivity index (χ4v) is 3.86. The SMILES string of the molecule is CCOc1nc(N)c2[nH]c(=O)n(Cc3ccc(CNC4CCNCC4)cc3OC)c2n1. The highest BCUT2D eigenvalue weighted by Crippen LogP contribution is 2.24. The van der Waals surface area contributed by atoms with Crippen LogP contribution in [0.1, 0.15) is 30.9 Å². The molecule has 0 aliphatic carbocycles. The van der Waals surface area contributed by atoms with Crippen LogP contribution in [-0.4, -0.2) is 52.4 Å². The van der Waals surface area contributed by atoms with Crippen LogP contribution in [0.3, 0.4) is 0 Å². The summed E-state index contributed by atoms with van der Waals surface area (Å²) in [6, 6.07) is 6.73. The molecule has 0 radical (unpaired) electrons. The van der Waals surface area contributed by atoms with Crippen molar-refractivity contribution in [3.63, 3.8) is 0 Å². The highest BCUT2D eigenvalue weighted by atomic mass is 16.5. The minimum Gasteiger partial charge on any atom is -0.496 e. The third-order valence-electron chi connectivity index (χ3n) is 5.52. The largest absolute Gasteiger partial charge is 0.496 e. The second-order valence-electron chi connectivity index (χ2n) is 7.59. The van der Waals surface area contributed by atoms with Gasteiger partial charge in [-0.25, -0.2) is 4.79 Å². The van der Waals surface area contributed by atoms with Gasteiger partial charge in [0.05, 0.1) is 20.3 Å². The molecule has 1 aliphatic heterocycles. The number of imidazole rings is 1. The van der Waals surface area contributed by atoms with Crippen molar-refractivity contribution in [3.05, 3.63) is 39.8 Å². The number of hydrogen-bond acceptors (Lipinski definition) is 8. The van der Waals surface area contributed by atoms with Gasteiger partial charge in [-0.15, -0.1) is 0 Å². The monoisotopic (exact) mass is 427 g/mol. The first kappa shape index (κ1) is 21.1. The normalized spacial score (nSPS) is 14.8. The summed E-state index contributed by atoms with van der Waals surface area (Å²) < 4.78 is 12.5. The summed E-state index contributed by atoms with van der Waals surface area (Å²) in [4.78, 5) is 23.8.